The summed E-state index contributed by atoms with van der Waals surface area (Å²) in [5.74, 6) is -0.134. The van der Waals surface area contributed by atoms with Gasteiger partial charge in [-0.1, -0.05) is 39.0 Å². The first-order valence-corrected chi connectivity index (χ1v) is 4.91. The van der Waals surface area contributed by atoms with Gasteiger partial charge in [0.2, 0.25) is 0 Å². The molecule has 0 saturated carbocycles. The van der Waals surface area contributed by atoms with E-state index in [2.05, 4.69) is 6.92 Å². The molecule has 71 valence electrons. The van der Waals surface area contributed by atoms with Gasteiger partial charge in [0.05, 0.1) is 0 Å². The van der Waals surface area contributed by atoms with E-state index in [0.717, 1.165) is 12.8 Å². The number of unbranched alkanes of at least 4 members (excludes halogenated alkanes) is 5. The molecule has 2 heteroatoms. The maximum absolute atomic E-state index is 10.6. The Bertz CT molecular complexity index is 110. The van der Waals surface area contributed by atoms with E-state index < -0.39 is 6.61 Å². The van der Waals surface area contributed by atoms with Crippen molar-refractivity contribution in [2.45, 2.75) is 51.9 Å². The molecule has 0 fully saturated rings. The van der Waals surface area contributed by atoms with Gasteiger partial charge < -0.3 is 0 Å². The van der Waals surface area contributed by atoms with Crippen LogP contribution in [0, 0.1) is 0 Å². The number of ketones is 1. The lowest BCUT2D eigenvalue weighted by Gasteiger charge is -1.98. The molecule has 1 radical (unpaired) electrons. The summed E-state index contributed by atoms with van der Waals surface area (Å²) < 4.78 is 0. The van der Waals surface area contributed by atoms with E-state index in [9.17, 15) is 9.90 Å². The molecule has 0 aliphatic heterocycles. The van der Waals surface area contributed by atoms with E-state index in [1.165, 1.54) is 25.7 Å². The Morgan fingerprint density at radius 1 is 1.00 bits per heavy atom. The molecule has 0 heterocycles. The van der Waals surface area contributed by atoms with E-state index in [-0.39, 0.29) is 5.78 Å². The number of Topliss-reactive ketones (excluding diaryl/α,β-unsaturated/α-hetero) is 1. The summed E-state index contributed by atoms with van der Waals surface area (Å²) >= 11 is 0. The summed E-state index contributed by atoms with van der Waals surface area (Å²) in [5.41, 5.74) is 0. The normalized spacial score (nSPS) is 10.2. The van der Waals surface area contributed by atoms with Crippen LogP contribution in [0.2, 0.25) is 0 Å². The molecule has 0 aliphatic carbocycles. The molecule has 0 spiro atoms. The molecule has 12 heavy (non-hydrogen) atoms. The van der Waals surface area contributed by atoms with Crippen molar-refractivity contribution in [1.82, 2.24) is 0 Å². The van der Waals surface area contributed by atoms with E-state index in [0.29, 0.717) is 6.42 Å². The summed E-state index contributed by atoms with van der Waals surface area (Å²) in [7, 11) is 0. The highest BCUT2D eigenvalue weighted by Crippen LogP contribution is 2.06. The first-order valence-electron chi connectivity index (χ1n) is 4.91. The molecular formula is C10H19O2. The summed E-state index contributed by atoms with van der Waals surface area (Å²) in [6, 6.07) is 0. The minimum absolute atomic E-state index is 0.134. The number of carbonyl (C=O) groups is 1. The molecule has 2 nitrogen and oxygen atoms in total. The van der Waals surface area contributed by atoms with Crippen LogP contribution in [-0.2, 0) is 9.90 Å². The van der Waals surface area contributed by atoms with Crippen molar-refractivity contribution in [3.63, 3.8) is 0 Å². The van der Waals surface area contributed by atoms with Crippen LogP contribution in [0.25, 0.3) is 0 Å². The second kappa shape index (κ2) is 8.72. The van der Waals surface area contributed by atoms with Crippen molar-refractivity contribution >= 4 is 5.78 Å². The zero-order valence-electron chi connectivity index (χ0n) is 7.97. The first-order chi connectivity index (χ1) is 5.81. The highest BCUT2D eigenvalue weighted by atomic mass is 16.3. The van der Waals surface area contributed by atoms with Gasteiger partial charge >= 0.3 is 0 Å². The monoisotopic (exact) mass is 171 g/mol. The zero-order chi connectivity index (χ0) is 9.23. The highest BCUT2D eigenvalue weighted by molar-refractivity contribution is 5.79. The molecular weight excluding hydrogens is 152 g/mol. The van der Waals surface area contributed by atoms with Crippen LogP contribution in [0.3, 0.4) is 0 Å². The molecule has 0 unspecified atom stereocenters. The van der Waals surface area contributed by atoms with Crippen LogP contribution in [0.4, 0.5) is 0 Å². The Hall–Kier alpha value is -0.370. The lowest BCUT2D eigenvalue weighted by molar-refractivity contribution is -0.123. The van der Waals surface area contributed by atoms with Crippen molar-refractivity contribution in [2.75, 3.05) is 6.61 Å². The van der Waals surface area contributed by atoms with Gasteiger partial charge in [-0.15, -0.1) is 0 Å². The Morgan fingerprint density at radius 3 is 2.17 bits per heavy atom. The highest BCUT2D eigenvalue weighted by Gasteiger charge is 1.98. The van der Waals surface area contributed by atoms with E-state index >= 15 is 0 Å². The largest absolute Gasteiger partial charge is 0.297 e. The number of carbonyl (C=O) groups excluding carboxylic acids is 1. The molecule has 0 bridgehead atoms. The minimum atomic E-state index is -0.533. The quantitative estimate of drug-likeness (QED) is 0.517. The Balaban J connectivity index is 2.95. The predicted octanol–water partition coefficient (Wildman–Crippen LogP) is 2.74. The van der Waals surface area contributed by atoms with Gasteiger partial charge in [-0.25, -0.2) is 5.11 Å². The van der Waals surface area contributed by atoms with Crippen molar-refractivity contribution in [2.24, 2.45) is 0 Å². The average Bonchev–Trinajstić information content (AvgIpc) is 2.10. The topological polar surface area (TPSA) is 37.0 Å². The summed E-state index contributed by atoms with van der Waals surface area (Å²) in [6.45, 7) is 1.65. The van der Waals surface area contributed by atoms with E-state index in [1.807, 2.05) is 0 Å². The smallest absolute Gasteiger partial charge is 0.161 e. The minimum Gasteiger partial charge on any atom is -0.297 e. The summed E-state index contributed by atoms with van der Waals surface area (Å²) in [5, 5.41) is 10.0. The van der Waals surface area contributed by atoms with Crippen LogP contribution in [-0.4, -0.2) is 12.4 Å². The Morgan fingerprint density at radius 2 is 1.58 bits per heavy atom. The van der Waals surface area contributed by atoms with Gasteiger partial charge in [0.15, 0.2) is 5.78 Å². The average molecular weight is 171 g/mol. The zero-order valence-corrected chi connectivity index (χ0v) is 7.97. The SMILES string of the molecule is CCCCCCCCC(=O)C[O]. The van der Waals surface area contributed by atoms with Crippen molar-refractivity contribution in [1.29, 1.82) is 0 Å². The predicted molar refractivity (Wildman–Crippen MR) is 48.6 cm³/mol. The van der Waals surface area contributed by atoms with Gasteiger partial charge in [0.25, 0.3) is 0 Å². The fourth-order valence-electron chi connectivity index (χ4n) is 1.17. The summed E-state index contributed by atoms with van der Waals surface area (Å²) in [4.78, 5) is 10.6. The molecule has 0 rings (SSSR count). The Labute approximate surface area is 75.0 Å². The third-order valence-electron chi connectivity index (χ3n) is 1.97. The van der Waals surface area contributed by atoms with Crippen molar-refractivity contribution in [3.05, 3.63) is 0 Å². The molecule has 0 aliphatic rings. The maximum atomic E-state index is 10.6. The van der Waals surface area contributed by atoms with Gasteiger partial charge in [0.1, 0.15) is 6.61 Å². The van der Waals surface area contributed by atoms with E-state index in [4.69, 9.17) is 0 Å². The van der Waals surface area contributed by atoms with Gasteiger partial charge in [-0.2, -0.15) is 0 Å². The van der Waals surface area contributed by atoms with E-state index in [1.54, 1.807) is 0 Å². The molecule has 0 atom stereocenters. The van der Waals surface area contributed by atoms with Gasteiger partial charge in [0, 0.05) is 6.42 Å². The molecule has 0 N–H and O–H groups in total. The fourth-order valence-corrected chi connectivity index (χ4v) is 1.17. The summed E-state index contributed by atoms with van der Waals surface area (Å²) in [6.07, 6.45) is 7.52. The number of hydrogen-bond donors (Lipinski definition) is 0. The van der Waals surface area contributed by atoms with Crippen LogP contribution in [0.15, 0.2) is 0 Å². The maximum Gasteiger partial charge on any atom is 0.161 e. The first kappa shape index (κ1) is 11.6. The molecule has 0 saturated heterocycles. The second-order valence-electron chi connectivity index (χ2n) is 3.20. The van der Waals surface area contributed by atoms with Crippen LogP contribution in [0.5, 0.6) is 0 Å². The van der Waals surface area contributed by atoms with Crippen molar-refractivity contribution in [3.8, 4) is 0 Å². The fraction of sp³-hybridized carbons (Fsp3) is 0.900. The van der Waals surface area contributed by atoms with Crippen molar-refractivity contribution < 1.29 is 9.90 Å². The lowest BCUT2D eigenvalue weighted by Crippen LogP contribution is -2.01. The molecule has 0 amide bonds. The Kier molecular flexibility index (Phi) is 8.46. The second-order valence-corrected chi connectivity index (χ2v) is 3.20. The third-order valence-corrected chi connectivity index (χ3v) is 1.97. The number of rotatable bonds is 8. The molecule has 0 aromatic carbocycles. The standard InChI is InChI=1S/C10H19O2/c1-2-3-4-5-6-7-8-10(12)9-11/h2-9H2,1H3. The lowest BCUT2D eigenvalue weighted by atomic mass is 10.1. The third kappa shape index (κ3) is 7.73. The van der Waals surface area contributed by atoms with Crippen LogP contribution in [0.1, 0.15) is 51.9 Å². The van der Waals surface area contributed by atoms with Crippen LogP contribution < -0.4 is 0 Å². The van der Waals surface area contributed by atoms with Crippen LogP contribution >= 0.6 is 0 Å². The number of hydrogen-bond acceptors (Lipinski definition) is 1. The molecule has 0 aromatic heterocycles. The molecule has 0 aromatic rings. The van der Waals surface area contributed by atoms with Gasteiger partial charge in [-0.05, 0) is 6.42 Å². The van der Waals surface area contributed by atoms with Gasteiger partial charge in [-0.3, -0.25) is 4.79 Å².